The summed E-state index contributed by atoms with van der Waals surface area (Å²) in [5, 5.41) is 3.65. The summed E-state index contributed by atoms with van der Waals surface area (Å²) in [5.74, 6) is -0.0799. The lowest BCUT2D eigenvalue weighted by molar-refractivity contribution is 0.102. The predicted octanol–water partition coefficient (Wildman–Crippen LogP) is 4.00. The standard InChI is InChI=1S/C15H16N2OS2/c1-19-11-8-6-10(7-9-11)14(18)17-15-16-12-4-2-3-5-13(12)20-15/h6-9H,2-5H2,1H3,(H,16,17,18). The Kier molecular flexibility index (Phi) is 4.08. The van der Waals surface area contributed by atoms with Gasteiger partial charge < -0.3 is 0 Å². The van der Waals surface area contributed by atoms with Crippen LogP contribution in [0.2, 0.25) is 0 Å². The van der Waals surface area contributed by atoms with Crippen molar-refractivity contribution in [3.05, 3.63) is 40.4 Å². The first-order valence-electron chi connectivity index (χ1n) is 6.70. The lowest BCUT2D eigenvalue weighted by Crippen LogP contribution is -2.11. The second-order valence-electron chi connectivity index (χ2n) is 4.78. The molecule has 0 saturated carbocycles. The van der Waals surface area contributed by atoms with Crippen LogP contribution >= 0.6 is 23.1 Å². The number of thioether (sulfide) groups is 1. The first-order chi connectivity index (χ1) is 9.76. The third kappa shape index (κ3) is 2.88. The molecular formula is C15H16N2OS2. The summed E-state index contributed by atoms with van der Waals surface area (Å²) < 4.78 is 0. The number of nitrogens with zero attached hydrogens (tertiary/aromatic N) is 1. The van der Waals surface area contributed by atoms with E-state index >= 15 is 0 Å². The highest BCUT2D eigenvalue weighted by molar-refractivity contribution is 7.98. The van der Waals surface area contributed by atoms with Crippen LogP contribution in [0, 0.1) is 0 Å². The molecular weight excluding hydrogens is 288 g/mol. The Bertz CT molecular complexity index is 596. The molecule has 1 aromatic heterocycles. The van der Waals surface area contributed by atoms with E-state index in [0.717, 1.165) is 22.9 Å². The summed E-state index contributed by atoms with van der Waals surface area (Å²) in [4.78, 5) is 19.2. The van der Waals surface area contributed by atoms with E-state index in [9.17, 15) is 4.79 Å². The lowest BCUT2D eigenvalue weighted by atomic mass is 10.0. The van der Waals surface area contributed by atoms with E-state index in [2.05, 4.69) is 10.3 Å². The van der Waals surface area contributed by atoms with Gasteiger partial charge in [-0.3, -0.25) is 10.1 Å². The van der Waals surface area contributed by atoms with E-state index < -0.39 is 0 Å². The molecule has 1 amide bonds. The lowest BCUT2D eigenvalue weighted by Gasteiger charge is -2.06. The van der Waals surface area contributed by atoms with E-state index in [4.69, 9.17) is 0 Å². The van der Waals surface area contributed by atoms with Crippen LogP contribution in [0.4, 0.5) is 5.13 Å². The molecule has 1 heterocycles. The molecule has 0 radical (unpaired) electrons. The number of hydrogen-bond acceptors (Lipinski definition) is 4. The second-order valence-corrected chi connectivity index (χ2v) is 6.74. The molecule has 1 aromatic carbocycles. The average molecular weight is 304 g/mol. The maximum Gasteiger partial charge on any atom is 0.257 e. The molecule has 2 aromatic rings. The third-order valence-corrected chi connectivity index (χ3v) is 5.23. The number of thiazole rings is 1. The minimum Gasteiger partial charge on any atom is -0.298 e. The zero-order valence-corrected chi connectivity index (χ0v) is 12.9. The van der Waals surface area contributed by atoms with Gasteiger partial charge in [-0.15, -0.1) is 23.1 Å². The predicted molar refractivity (Wildman–Crippen MR) is 84.9 cm³/mol. The third-order valence-electron chi connectivity index (χ3n) is 3.42. The topological polar surface area (TPSA) is 42.0 Å². The summed E-state index contributed by atoms with van der Waals surface area (Å²) in [5.41, 5.74) is 1.85. The molecule has 0 bridgehead atoms. The van der Waals surface area contributed by atoms with E-state index in [0.29, 0.717) is 5.56 Å². The SMILES string of the molecule is CSc1ccc(C(=O)Nc2nc3c(s2)CCCC3)cc1. The number of carbonyl (C=O) groups is 1. The average Bonchev–Trinajstić information content (AvgIpc) is 2.89. The number of benzene rings is 1. The van der Waals surface area contributed by atoms with Crippen molar-refractivity contribution >= 4 is 34.1 Å². The number of aryl methyl sites for hydroxylation is 2. The van der Waals surface area contributed by atoms with E-state index in [1.807, 2.05) is 30.5 Å². The van der Waals surface area contributed by atoms with Crippen LogP contribution in [-0.2, 0) is 12.8 Å². The van der Waals surface area contributed by atoms with Gasteiger partial charge in [-0.1, -0.05) is 0 Å². The number of rotatable bonds is 3. The fourth-order valence-corrected chi connectivity index (χ4v) is 3.77. The van der Waals surface area contributed by atoms with Crippen molar-refractivity contribution in [2.45, 2.75) is 30.6 Å². The molecule has 104 valence electrons. The number of aromatic nitrogens is 1. The zero-order chi connectivity index (χ0) is 13.9. The summed E-state index contributed by atoms with van der Waals surface area (Å²) >= 11 is 3.29. The minimum absolute atomic E-state index is 0.0799. The largest absolute Gasteiger partial charge is 0.298 e. The molecule has 0 saturated heterocycles. The van der Waals surface area contributed by atoms with Gasteiger partial charge in [0.25, 0.3) is 5.91 Å². The van der Waals surface area contributed by atoms with Crippen molar-refractivity contribution in [2.24, 2.45) is 0 Å². The molecule has 3 nitrogen and oxygen atoms in total. The number of nitrogens with one attached hydrogen (secondary N) is 1. The Morgan fingerprint density at radius 3 is 2.70 bits per heavy atom. The van der Waals surface area contributed by atoms with Crippen molar-refractivity contribution in [3.8, 4) is 0 Å². The molecule has 0 fully saturated rings. The van der Waals surface area contributed by atoms with Gasteiger partial charge in [-0.2, -0.15) is 0 Å². The Balaban J connectivity index is 1.73. The first-order valence-corrected chi connectivity index (χ1v) is 8.74. The molecule has 1 aliphatic rings. The molecule has 0 aliphatic heterocycles. The van der Waals surface area contributed by atoms with Crippen molar-refractivity contribution in [3.63, 3.8) is 0 Å². The fraction of sp³-hybridized carbons (Fsp3) is 0.333. The van der Waals surface area contributed by atoms with Crippen molar-refractivity contribution in [2.75, 3.05) is 11.6 Å². The highest BCUT2D eigenvalue weighted by atomic mass is 32.2. The van der Waals surface area contributed by atoms with Crippen LogP contribution in [-0.4, -0.2) is 17.1 Å². The van der Waals surface area contributed by atoms with Crippen LogP contribution in [0.1, 0.15) is 33.8 Å². The van der Waals surface area contributed by atoms with Gasteiger partial charge in [0, 0.05) is 15.3 Å². The highest BCUT2D eigenvalue weighted by Crippen LogP contribution is 2.29. The summed E-state index contributed by atoms with van der Waals surface area (Å²) in [6.45, 7) is 0. The van der Waals surface area contributed by atoms with Crippen LogP contribution < -0.4 is 5.32 Å². The maximum atomic E-state index is 12.2. The summed E-state index contributed by atoms with van der Waals surface area (Å²) in [6.07, 6.45) is 6.61. The molecule has 1 aliphatic carbocycles. The van der Waals surface area contributed by atoms with Gasteiger partial charge >= 0.3 is 0 Å². The molecule has 1 N–H and O–H groups in total. The number of fused-ring (bicyclic) bond motifs is 1. The molecule has 5 heteroatoms. The van der Waals surface area contributed by atoms with Gasteiger partial charge in [0.15, 0.2) is 5.13 Å². The summed E-state index contributed by atoms with van der Waals surface area (Å²) in [7, 11) is 0. The van der Waals surface area contributed by atoms with Crippen LogP contribution in [0.15, 0.2) is 29.2 Å². The summed E-state index contributed by atoms with van der Waals surface area (Å²) in [6, 6.07) is 7.64. The maximum absolute atomic E-state index is 12.2. The van der Waals surface area contributed by atoms with E-state index in [1.54, 1.807) is 23.1 Å². The Hall–Kier alpha value is -1.33. The zero-order valence-electron chi connectivity index (χ0n) is 11.3. The highest BCUT2D eigenvalue weighted by Gasteiger charge is 2.16. The molecule has 0 unspecified atom stereocenters. The van der Waals surface area contributed by atoms with Gasteiger partial charge in [0.05, 0.1) is 5.69 Å². The van der Waals surface area contributed by atoms with E-state index in [-0.39, 0.29) is 5.91 Å². The van der Waals surface area contributed by atoms with Crippen molar-refractivity contribution in [1.82, 2.24) is 4.98 Å². The smallest absolute Gasteiger partial charge is 0.257 e. The fourth-order valence-electron chi connectivity index (χ4n) is 2.32. The number of hydrogen-bond donors (Lipinski definition) is 1. The molecule has 20 heavy (non-hydrogen) atoms. The van der Waals surface area contributed by atoms with Crippen LogP contribution in [0.25, 0.3) is 0 Å². The van der Waals surface area contributed by atoms with Gasteiger partial charge in [-0.05, 0) is 56.2 Å². The van der Waals surface area contributed by atoms with Crippen LogP contribution in [0.5, 0.6) is 0 Å². The minimum atomic E-state index is -0.0799. The van der Waals surface area contributed by atoms with Crippen molar-refractivity contribution < 1.29 is 4.79 Å². The quantitative estimate of drug-likeness (QED) is 0.872. The number of carbonyl (C=O) groups excluding carboxylic acids is 1. The molecule has 0 atom stereocenters. The van der Waals surface area contributed by atoms with Gasteiger partial charge in [0.2, 0.25) is 0 Å². The van der Waals surface area contributed by atoms with E-state index in [1.165, 1.54) is 23.4 Å². The Morgan fingerprint density at radius 1 is 1.25 bits per heavy atom. The molecule has 0 spiro atoms. The van der Waals surface area contributed by atoms with Gasteiger partial charge in [-0.25, -0.2) is 4.98 Å². The molecule has 3 rings (SSSR count). The number of anilines is 1. The van der Waals surface area contributed by atoms with Crippen LogP contribution in [0.3, 0.4) is 0 Å². The normalized spacial score (nSPS) is 13.8. The van der Waals surface area contributed by atoms with Gasteiger partial charge in [0.1, 0.15) is 0 Å². The number of amides is 1. The second kappa shape index (κ2) is 5.97. The first kappa shape index (κ1) is 13.6. The monoisotopic (exact) mass is 304 g/mol. The Labute approximate surface area is 126 Å². The Morgan fingerprint density at radius 2 is 2.00 bits per heavy atom. The van der Waals surface area contributed by atoms with Crippen molar-refractivity contribution in [1.29, 1.82) is 0 Å².